The van der Waals surface area contributed by atoms with Gasteiger partial charge in [-0.3, -0.25) is 9.79 Å². The van der Waals surface area contributed by atoms with Crippen LogP contribution in [0, 0.1) is 0 Å². The molecule has 5 nitrogen and oxygen atoms in total. The summed E-state index contributed by atoms with van der Waals surface area (Å²) >= 11 is 0. The van der Waals surface area contributed by atoms with E-state index >= 15 is 0 Å². The number of halogens is 2. The summed E-state index contributed by atoms with van der Waals surface area (Å²) in [5, 5.41) is 13.3. The van der Waals surface area contributed by atoms with E-state index in [1.807, 2.05) is 44.2 Å². The van der Waals surface area contributed by atoms with Gasteiger partial charge in [0.1, 0.15) is 5.75 Å². The minimum atomic E-state index is -2.88. The van der Waals surface area contributed by atoms with Gasteiger partial charge in [0.2, 0.25) is 0 Å². The molecule has 0 bridgehead atoms. The van der Waals surface area contributed by atoms with Crippen molar-refractivity contribution in [3.8, 4) is 5.75 Å². The highest BCUT2D eigenvalue weighted by Crippen LogP contribution is 2.34. The number of ether oxygens (including phenoxy) is 1. The smallest absolute Gasteiger partial charge is 0.387 e. The van der Waals surface area contributed by atoms with Gasteiger partial charge in [-0.1, -0.05) is 48.9 Å². The molecule has 0 atom stereocenters. The van der Waals surface area contributed by atoms with Gasteiger partial charge in [0.15, 0.2) is 5.78 Å². The Bertz CT molecular complexity index is 1360. The number of carbonyl (C=O) groups is 1. The molecule has 4 rings (SSSR count). The number of carbonyl (C=O) groups excluding carboxylic acids is 1. The van der Waals surface area contributed by atoms with Crippen molar-refractivity contribution < 1.29 is 23.4 Å². The lowest BCUT2D eigenvalue weighted by Gasteiger charge is -2.17. The van der Waals surface area contributed by atoms with E-state index < -0.39 is 6.61 Å². The maximum Gasteiger partial charge on any atom is 0.387 e. The molecule has 0 unspecified atom stereocenters. The first-order valence-electron chi connectivity index (χ1n) is 12.0. The van der Waals surface area contributed by atoms with Crippen LogP contribution in [0.15, 0.2) is 101 Å². The van der Waals surface area contributed by atoms with E-state index in [-0.39, 0.29) is 18.1 Å². The average Bonchev–Trinajstić information content (AvgIpc) is 3.29. The van der Waals surface area contributed by atoms with Crippen molar-refractivity contribution in [1.82, 2.24) is 0 Å². The molecule has 2 N–H and O–H groups in total. The van der Waals surface area contributed by atoms with Crippen LogP contribution in [0.1, 0.15) is 48.2 Å². The van der Waals surface area contributed by atoms with Crippen molar-refractivity contribution in [2.24, 2.45) is 4.99 Å². The van der Waals surface area contributed by atoms with Crippen LogP contribution < -0.4 is 10.1 Å². The van der Waals surface area contributed by atoms with Gasteiger partial charge < -0.3 is 15.2 Å². The number of ketones is 1. The fraction of sp³-hybridized carbons (Fsp3) is 0.200. The van der Waals surface area contributed by atoms with Crippen molar-refractivity contribution in [2.75, 3.05) is 5.32 Å². The number of nitrogens with zero attached hydrogens (tertiary/aromatic N) is 1. The number of hydrogen-bond donors (Lipinski definition) is 2. The van der Waals surface area contributed by atoms with Gasteiger partial charge in [-0.15, -0.1) is 0 Å². The number of nitrogens with one attached hydrogen (secondary N) is 1. The molecule has 1 aliphatic carbocycles. The van der Waals surface area contributed by atoms with Crippen molar-refractivity contribution in [2.45, 2.75) is 39.9 Å². The van der Waals surface area contributed by atoms with Crippen LogP contribution in [0.25, 0.3) is 5.57 Å². The van der Waals surface area contributed by atoms with E-state index in [2.05, 4.69) is 15.0 Å². The summed E-state index contributed by atoms with van der Waals surface area (Å²) in [5.74, 6) is -0.0382. The van der Waals surface area contributed by atoms with E-state index in [1.54, 1.807) is 36.5 Å². The van der Waals surface area contributed by atoms with Crippen LogP contribution >= 0.6 is 0 Å². The SMILES string of the molecule is CC/C(C)=C/C(=O)c1ccc(N/C2=C\C/C=C\C=C3\C(c4ccc(OC(F)F)cc4)=CN=C23)cc1CO. The zero-order valence-corrected chi connectivity index (χ0v) is 20.7. The van der Waals surface area contributed by atoms with Gasteiger partial charge >= 0.3 is 6.61 Å². The number of allylic oxidation sites excluding steroid dienone is 8. The molecule has 0 saturated heterocycles. The summed E-state index contributed by atoms with van der Waals surface area (Å²) in [6.07, 6.45) is 12.8. The first-order chi connectivity index (χ1) is 17.9. The maximum absolute atomic E-state index is 12.7. The second-order valence-electron chi connectivity index (χ2n) is 8.65. The standard InChI is InChI=1S/C30H28F2N2O3/c1-3-19(2)15-28(36)24-14-11-22(16-21(24)18-35)34-27-8-6-4-5-7-25-26(17-33-29(25)27)20-9-12-23(13-10-20)37-30(31)32/h4-5,7-17,30,34-35H,3,6,18H2,1-2H3/b5-4-,19-15+,25-7-,27-8-. The lowest BCUT2D eigenvalue weighted by Crippen LogP contribution is -2.14. The highest BCUT2D eigenvalue weighted by molar-refractivity contribution is 6.25. The Morgan fingerprint density at radius 3 is 2.68 bits per heavy atom. The number of aliphatic hydroxyl groups excluding tert-OH is 1. The van der Waals surface area contributed by atoms with E-state index in [4.69, 9.17) is 0 Å². The van der Waals surface area contributed by atoms with Crippen molar-refractivity contribution in [3.05, 3.63) is 113 Å². The summed E-state index contributed by atoms with van der Waals surface area (Å²) in [4.78, 5) is 17.3. The summed E-state index contributed by atoms with van der Waals surface area (Å²) in [5.41, 5.74) is 6.77. The number of rotatable bonds is 9. The molecular formula is C30H28F2N2O3. The summed E-state index contributed by atoms with van der Waals surface area (Å²) in [6, 6.07) is 11.8. The van der Waals surface area contributed by atoms with Gasteiger partial charge in [-0.05, 0) is 67.3 Å². The van der Waals surface area contributed by atoms with Gasteiger partial charge in [-0.2, -0.15) is 8.78 Å². The molecule has 190 valence electrons. The molecule has 0 radical (unpaired) electrons. The Kier molecular flexibility index (Phi) is 8.25. The zero-order chi connectivity index (χ0) is 26.4. The molecule has 0 saturated carbocycles. The Balaban J connectivity index is 1.57. The Hall–Kier alpha value is -4.10. The molecule has 0 spiro atoms. The number of anilines is 1. The van der Waals surface area contributed by atoms with Gasteiger partial charge in [-0.25, -0.2) is 0 Å². The third-order valence-corrected chi connectivity index (χ3v) is 6.13. The lowest BCUT2D eigenvalue weighted by molar-refractivity contribution is -0.0498. The Morgan fingerprint density at radius 2 is 1.97 bits per heavy atom. The third-order valence-electron chi connectivity index (χ3n) is 6.13. The van der Waals surface area contributed by atoms with Crippen molar-refractivity contribution in [3.63, 3.8) is 0 Å². The van der Waals surface area contributed by atoms with Crippen LogP contribution in [-0.4, -0.2) is 23.2 Å². The van der Waals surface area contributed by atoms with Gasteiger partial charge in [0.25, 0.3) is 0 Å². The second kappa shape index (κ2) is 11.8. The molecule has 2 aromatic carbocycles. The molecule has 0 amide bonds. The molecular weight excluding hydrogens is 474 g/mol. The number of alkyl halides is 2. The molecule has 37 heavy (non-hydrogen) atoms. The quantitative estimate of drug-likeness (QED) is 0.286. The van der Waals surface area contributed by atoms with Crippen LogP contribution in [0.5, 0.6) is 5.75 Å². The van der Waals surface area contributed by atoms with Gasteiger partial charge in [0, 0.05) is 28.6 Å². The zero-order valence-electron chi connectivity index (χ0n) is 20.7. The van der Waals surface area contributed by atoms with E-state index in [0.29, 0.717) is 17.5 Å². The van der Waals surface area contributed by atoms with Crippen LogP contribution in [-0.2, 0) is 6.61 Å². The fourth-order valence-electron chi connectivity index (χ4n) is 4.06. The molecule has 1 heterocycles. The normalized spacial score (nSPS) is 18.9. The van der Waals surface area contributed by atoms with Crippen molar-refractivity contribution in [1.29, 1.82) is 0 Å². The first-order valence-corrected chi connectivity index (χ1v) is 12.0. The highest BCUT2D eigenvalue weighted by atomic mass is 19.3. The summed E-state index contributed by atoms with van der Waals surface area (Å²) < 4.78 is 29.5. The lowest BCUT2D eigenvalue weighted by atomic mass is 9.93. The van der Waals surface area contributed by atoms with E-state index in [1.165, 1.54) is 12.1 Å². The minimum absolute atomic E-state index is 0.0919. The topological polar surface area (TPSA) is 70.9 Å². The number of aliphatic hydroxyl groups is 1. The van der Waals surface area contributed by atoms with Crippen LogP contribution in [0.2, 0.25) is 0 Å². The van der Waals surface area contributed by atoms with Crippen LogP contribution in [0.4, 0.5) is 14.5 Å². The third kappa shape index (κ3) is 6.19. The predicted molar refractivity (Wildman–Crippen MR) is 143 cm³/mol. The van der Waals surface area contributed by atoms with E-state index in [9.17, 15) is 18.7 Å². The number of benzene rings is 2. The van der Waals surface area contributed by atoms with Gasteiger partial charge in [0.05, 0.1) is 18.0 Å². The predicted octanol–water partition coefficient (Wildman–Crippen LogP) is 7.00. The molecule has 1 aliphatic heterocycles. The molecule has 7 heteroatoms. The summed E-state index contributed by atoms with van der Waals surface area (Å²) in [6.45, 7) is 0.756. The molecule has 0 aromatic heterocycles. The van der Waals surface area contributed by atoms with Crippen molar-refractivity contribution >= 4 is 22.8 Å². The molecule has 2 aliphatic rings. The second-order valence-corrected chi connectivity index (χ2v) is 8.65. The molecule has 2 aromatic rings. The average molecular weight is 503 g/mol. The highest BCUT2D eigenvalue weighted by Gasteiger charge is 2.23. The fourth-order valence-corrected chi connectivity index (χ4v) is 4.06. The summed E-state index contributed by atoms with van der Waals surface area (Å²) in [7, 11) is 0. The maximum atomic E-state index is 12.7. The number of aliphatic imine (C=N–C) groups is 1. The number of fused-ring (bicyclic) bond motifs is 1. The monoisotopic (exact) mass is 502 g/mol. The van der Waals surface area contributed by atoms with E-state index in [0.717, 1.165) is 45.8 Å². The van der Waals surface area contributed by atoms with Crippen LogP contribution in [0.3, 0.4) is 0 Å². The largest absolute Gasteiger partial charge is 0.435 e. The Morgan fingerprint density at radius 1 is 1.19 bits per heavy atom. The first kappa shape index (κ1) is 26.0. The molecule has 0 fully saturated rings. The number of hydrogen-bond acceptors (Lipinski definition) is 5. The minimum Gasteiger partial charge on any atom is -0.435 e. The Labute approximate surface area is 214 Å².